The smallest absolute Gasteiger partial charge is 0.341 e. The van der Waals surface area contributed by atoms with E-state index in [0.717, 1.165) is 32.2 Å². The van der Waals surface area contributed by atoms with E-state index < -0.39 is 11.9 Å². The molecule has 0 aromatic heterocycles. The van der Waals surface area contributed by atoms with E-state index >= 15 is 0 Å². The van der Waals surface area contributed by atoms with Crippen molar-refractivity contribution in [3.05, 3.63) is 11.6 Å². The van der Waals surface area contributed by atoms with Crippen molar-refractivity contribution in [1.29, 1.82) is 0 Å². The van der Waals surface area contributed by atoms with Crippen molar-refractivity contribution in [2.75, 3.05) is 6.54 Å². The topological polar surface area (TPSA) is 55.4 Å². The summed E-state index contributed by atoms with van der Waals surface area (Å²) >= 11 is 0. The summed E-state index contributed by atoms with van der Waals surface area (Å²) < 4.78 is 4.78. The van der Waals surface area contributed by atoms with E-state index in [9.17, 15) is 9.59 Å². The Morgan fingerprint density at radius 2 is 2.25 bits per heavy atom. The maximum atomic E-state index is 11.5. The fraction of sp³-hybridized carbons (Fsp3) is 0.667. The van der Waals surface area contributed by atoms with Crippen LogP contribution in [0.5, 0.6) is 0 Å². The second-order valence-electron chi connectivity index (χ2n) is 4.03. The number of esters is 2. The molecule has 0 aromatic carbocycles. The zero-order valence-corrected chi connectivity index (χ0v) is 9.91. The molecule has 0 radical (unpaired) electrons. The molecule has 1 rings (SSSR count). The average Bonchev–Trinajstić information content (AvgIpc) is 2.79. The summed E-state index contributed by atoms with van der Waals surface area (Å²) in [5, 5.41) is 3.00. The molecule has 1 saturated heterocycles. The molecule has 1 aliphatic heterocycles. The molecule has 0 saturated carbocycles. The average molecular weight is 225 g/mol. The highest BCUT2D eigenvalue weighted by atomic mass is 16.6. The molecule has 0 aromatic rings. The molecular formula is C12H19NO3. The predicted octanol–water partition coefficient (Wildman–Crippen LogP) is 1.55. The van der Waals surface area contributed by atoms with Gasteiger partial charge in [-0.05, 0) is 32.7 Å². The van der Waals surface area contributed by atoms with Gasteiger partial charge in [0.05, 0.1) is 0 Å². The zero-order valence-electron chi connectivity index (χ0n) is 9.91. The van der Waals surface area contributed by atoms with E-state index in [0.29, 0.717) is 5.57 Å². The maximum Gasteiger partial charge on any atom is 0.341 e. The zero-order chi connectivity index (χ0) is 12.0. The SMILES string of the molecule is CCCC=C(C)C(=O)OC(=O)[C@@H]1CCCN1. The Morgan fingerprint density at radius 3 is 2.81 bits per heavy atom. The molecule has 0 unspecified atom stereocenters. The van der Waals surface area contributed by atoms with Crippen molar-refractivity contribution >= 4 is 11.9 Å². The van der Waals surface area contributed by atoms with Crippen LogP contribution >= 0.6 is 0 Å². The van der Waals surface area contributed by atoms with Gasteiger partial charge in [0.15, 0.2) is 0 Å². The number of carbonyl (C=O) groups excluding carboxylic acids is 2. The van der Waals surface area contributed by atoms with Gasteiger partial charge in [-0.25, -0.2) is 9.59 Å². The number of rotatable bonds is 4. The minimum atomic E-state index is -0.521. The van der Waals surface area contributed by atoms with Gasteiger partial charge in [0, 0.05) is 5.57 Å². The largest absolute Gasteiger partial charge is 0.389 e. The normalized spacial score (nSPS) is 20.9. The van der Waals surface area contributed by atoms with Crippen LogP contribution < -0.4 is 5.32 Å². The Hall–Kier alpha value is -1.16. The molecule has 0 spiro atoms. The molecule has 4 heteroatoms. The number of ether oxygens (including phenoxy) is 1. The number of hydrogen-bond acceptors (Lipinski definition) is 4. The predicted molar refractivity (Wildman–Crippen MR) is 60.8 cm³/mol. The number of carbonyl (C=O) groups is 2. The van der Waals surface area contributed by atoms with E-state index in [-0.39, 0.29) is 6.04 Å². The van der Waals surface area contributed by atoms with Crippen LogP contribution in [0.15, 0.2) is 11.6 Å². The van der Waals surface area contributed by atoms with Crippen LogP contribution in [-0.4, -0.2) is 24.5 Å². The van der Waals surface area contributed by atoms with Gasteiger partial charge in [-0.2, -0.15) is 0 Å². The monoisotopic (exact) mass is 225 g/mol. The van der Waals surface area contributed by atoms with Crippen molar-refractivity contribution in [2.24, 2.45) is 0 Å². The minimum absolute atomic E-state index is 0.303. The molecule has 16 heavy (non-hydrogen) atoms. The Labute approximate surface area is 96.0 Å². The lowest BCUT2D eigenvalue weighted by Crippen LogP contribution is -2.34. The van der Waals surface area contributed by atoms with E-state index in [2.05, 4.69) is 5.32 Å². The first-order valence-electron chi connectivity index (χ1n) is 5.81. The van der Waals surface area contributed by atoms with E-state index in [4.69, 9.17) is 4.74 Å². The van der Waals surface area contributed by atoms with Crippen molar-refractivity contribution in [1.82, 2.24) is 5.32 Å². The summed E-state index contributed by atoms with van der Waals surface area (Å²) in [5.41, 5.74) is 0.508. The third kappa shape index (κ3) is 3.77. The van der Waals surface area contributed by atoms with Crippen molar-refractivity contribution in [3.8, 4) is 0 Å². The van der Waals surface area contributed by atoms with Crippen LogP contribution in [0.3, 0.4) is 0 Å². The van der Waals surface area contributed by atoms with Crippen LogP contribution in [-0.2, 0) is 14.3 Å². The standard InChI is InChI=1S/C12H19NO3/c1-3-4-6-9(2)11(14)16-12(15)10-7-5-8-13-10/h6,10,13H,3-5,7-8H2,1-2H3/t10-/m0/s1. The molecular weight excluding hydrogens is 206 g/mol. The van der Waals surface area contributed by atoms with Gasteiger partial charge >= 0.3 is 11.9 Å². The Bertz CT molecular complexity index is 291. The molecule has 0 aliphatic carbocycles. The van der Waals surface area contributed by atoms with E-state index in [1.54, 1.807) is 13.0 Å². The van der Waals surface area contributed by atoms with Crippen LogP contribution in [0.4, 0.5) is 0 Å². The molecule has 1 atom stereocenters. The molecule has 1 N–H and O–H groups in total. The first-order chi connectivity index (χ1) is 7.65. The number of nitrogens with one attached hydrogen (secondary N) is 1. The molecule has 0 amide bonds. The lowest BCUT2D eigenvalue weighted by atomic mass is 10.2. The summed E-state index contributed by atoms with van der Waals surface area (Å²) in [6, 6.07) is -0.303. The number of hydrogen-bond donors (Lipinski definition) is 1. The Balaban J connectivity index is 2.41. The van der Waals surface area contributed by atoms with E-state index in [1.165, 1.54) is 0 Å². The molecule has 1 aliphatic rings. The highest BCUT2D eigenvalue weighted by Crippen LogP contribution is 2.08. The minimum Gasteiger partial charge on any atom is -0.389 e. The highest BCUT2D eigenvalue weighted by molar-refractivity contribution is 5.97. The van der Waals surface area contributed by atoms with Crippen molar-refractivity contribution in [3.63, 3.8) is 0 Å². The summed E-state index contributed by atoms with van der Waals surface area (Å²) in [6.45, 7) is 4.52. The van der Waals surface area contributed by atoms with Crippen molar-refractivity contribution < 1.29 is 14.3 Å². The Kier molecular flexibility index (Phi) is 5.19. The summed E-state index contributed by atoms with van der Waals surface area (Å²) in [7, 11) is 0. The van der Waals surface area contributed by atoms with Gasteiger partial charge in [-0.1, -0.05) is 19.4 Å². The quantitative estimate of drug-likeness (QED) is 0.448. The molecule has 90 valence electrons. The van der Waals surface area contributed by atoms with Gasteiger partial charge in [-0.3, -0.25) is 0 Å². The highest BCUT2D eigenvalue weighted by Gasteiger charge is 2.25. The van der Waals surface area contributed by atoms with Crippen LogP contribution in [0.25, 0.3) is 0 Å². The number of unbranched alkanes of at least 4 members (excludes halogenated alkanes) is 1. The second kappa shape index (κ2) is 6.43. The van der Waals surface area contributed by atoms with E-state index in [1.807, 2.05) is 6.92 Å². The molecule has 1 fully saturated rings. The maximum absolute atomic E-state index is 11.5. The summed E-state index contributed by atoms with van der Waals surface area (Å²) in [6.07, 6.45) is 5.32. The van der Waals surface area contributed by atoms with Crippen LogP contribution in [0.1, 0.15) is 39.5 Å². The van der Waals surface area contributed by atoms with Crippen molar-refractivity contribution in [2.45, 2.75) is 45.6 Å². The Morgan fingerprint density at radius 1 is 1.50 bits per heavy atom. The van der Waals surface area contributed by atoms with Crippen LogP contribution in [0.2, 0.25) is 0 Å². The number of allylic oxidation sites excluding steroid dienone is 1. The van der Waals surface area contributed by atoms with Gasteiger partial charge in [0.2, 0.25) is 0 Å². The lowest BCUT2D eigenvalue weighted by molar-refractivity contribution is -0.158. The molecule has 0 bridgehead atoms. The first-order valence-corrected chi connectivity index (χ1v) is 5.81. The second-order valence-corrected chi connectivity index (χ2v) is 4.03. The third-order valence-electron chi connectivity index (χ3n) is 2.60. The first kappa shape index (κ1) is 12.9. The lowest BCUT2D eigenvalue weighted by Gasteiger charge is -2.08. The summed E-state index contributed by atoms with van der Waals surface area (Å²) in [4.78, 5) is 23.0. The molecule has 4 nitrogen and oxygen atoms in total. The fourth-order valence-corrected chi connectivity index (χ4v) is 1.57. The van der Waals surface area contributed by atoms with Gasteiger partial charge in [0.25, 0.3) is 0 Å². The van der Waals surface area contributed by atoms with Gasteiger partial charge in [0.1, 0.15) is 6.04 Å². The summed E-state index contributed by atoms with van der Waals surface area (Å²) in [5.74, 6) is -0.973. The van der Waals surface area contributed by atoms with Gasteiger partial charge in [-0.15, -0.1) is 0 Å². The van der Waals surface area contributed by atoms with Gasteiger partial charge < -0.3 is 10.1 Å². The third-order valence-corrected chi connectivity index (χ3v) is 2.60. The molecule has 1 heterocycles. The van der Waals surface area contributed by atoms with Crippen LogP contribution in [0, 0.1) is 0 Å². The fourth-order valence-electron chi connectivity index (χ4n) is 1.57.